The van der Waals surface area contributed by atoms with Crippen molar-refractivity contribution in [3.05, 3.63) is 58.2 Å². The van der Waals surface area contributed by atoms with Crippen LogP contribution in [0.5, 0.6) is 0 Å². The molecule has 1 aromatic carbocycles. The fraction of sp³-hybridized carbons (Fsp3) is 0.333. The van der Waals surface area contributed by atoms with Gasteiger partial charge < -0.3 is 9.30 Å². The predicted octanol–water partition coefficient (Wildman–Crippen LogP) is 2.34. The van der Waals surface area contributed by atoms with Crippen LogP contribution in [0.2, 0.25) is 0 Å². The minimum absolute atomic E-state index is 0.0873. The number of carbonyl (C=O) groups excluding carboxylic acids is 1. The summed E-state index contributed by atoms with van der Waals surface area (Å²) < 4.78 is 6.63. The zero-order chi connectivity index (χ0) is 15.9. The fourth-order valence-electron chi connectivity index (χ4n) is 2.10. The highest BCUT2D eigenvalue weighted by Crippen LogP contribution is 2.18. The highest BCUT2D eigenvalue weighted by molar-refractivity contribution is 5.69. The molecule has 0 saturated carbocycles. The number of nitrogens with zero attached hydrogens (tertiary/aromatic N) is 3. The third-order valence-corrected chi connectivity index (χ3v) is 3.12. The molecule has 0 fully saturated rings. The standard InChI is InChI=1S/C15H17N3O4/c1-2-22-15(19)8-7-13-10-17(11-16-13)9-12-5-3-4-6-14(12)18(20)21/h3-6,10-11H,2,7-9H2,1H3. The molecule has 2 rings (SSSR count). The molecule has 7 heteroatoms. The summed E-state index contributed by atoms with van der Waals surface area (Å²) >= 11 is 0. The fourth-order valence-corrected chi connectivity index (χ4v) is 2.10. The zero-order valence-corrected chi connectivity index (χ0v) is 12.3. The SMILES string of the molecule is CCOC(=O)CCc1cn(Cc2ccccc2[N+](=O)[O-])cn1. The molecule has 0 aliphatic carbocycles. The molecule has 0 aliphatic heterocycles. The molecular weight excluding hydrogens is 286 g/mol. The normalized spacial score (nSPS) is 10.4. The molecule has 2 aromatic rings. The van der Waals surface area contributed by atoms with Crippen molar-refractivity contribution in [1.29, 1.82) is 0 Å². The minimum atomic E-state index is -0.395. The van der Waals surface area contributed by atoms with Crippen molar-refractivity contribution in [2.45, 2.75) is 26.3 Å². The smallest absolute Gasteiger partial charge is 0.306 e. The lowest BCUT2D eigenvalue weighted by atomic mass is 10.2. The van der Waals surface area contributed by atoms with Crippen molar-refractivity contribution in [3.63, 3.8) is 0 Å². The van der Waals surface area contributed by atoms with E-state index < -0.39 is 4.92 Å². The molecule has 0 atom stereocenters. The van der Waals surface area contributed by atoms with Gasteiger partial charge in [-0.2, -0.15) is 0 Å². The van der Waals surface area contributed by atoms with E-state index in [2.05, 4.69) is 4.98 Å². The predicted molar refractivity (Wildman–Crippen MR) is 79.4 cm³/mol. The van der Waals surface area contributed by atoms with Crippen molar-refractivity contribution < 1.29 is 14.5 Å². The Hall–Kier alpha value is -2.70. The van der Waals surface area contributed by atoms with Gasteiger partial charge >= 0.3 is 5.97 Å². The van der Waals surface area contributed by atoms with Crippen LogP contribution >= 0.6 is 0 Å². The number of esters is 1. The van der Waals surface area contributed by atoms with Crippen molar-refractivity contribution in [1.82, 2.24) is 9.55 Å². The maximum Gasteiger partial charge on any atom is 0.306 e. The lowest BCUT2D eigenvalue weighted by Crippen LogP contribution is -2.05. The Kier molecular flexibility index (Phi) is 5.24. The van der Waals surface area contributed by atoms with Gasteiger partial charge in [-0.3, -0.25) is 14.9 Å². The van der Waals surface area contributed by atoms with E-state index >= 15 is 0 Å². The van der Waals surface area contributed by atoms with Crippen LogP contribution in [-0.4, -0.2) is 27.1 Å². The first kappa shape index (κ1) is 15.7. The van der Waals surface area contributed by atoms with Crippen LogP contribution in [0.1, 0.15) is 24.6 Å². The Morgan fingerprint density at radius 3 is 2.91 bits per heavy atom. The number of carbonyl (C=O) groups is 1. The maximum absolute atomic E-state index is 11.3. The molecule has 0 bridgehead atoms. The molecule has 1 aromatic heterocycles. The third kappa shape index (κ3) is 4.15. The van der Waals surface area contributed by atoms with Gasteiger partial charge in [0.1, 0.15) is 0 Å². The van der Waals surface area contributed by atoms with Gasteiger partial charge in [0.05, 0.1) is 36.5 Å². The summed E-state index contributed by atoms with van der Waals surface area (Å²) in [6.07, 6.45) is 4.16. The summed E-state index contributed by atoms with van der Waals surface area (Å²) in [6, 6.07) is 6.60. The molecule has 22 heavy (non-hydrogen) atoms. The van der Waals surface area contributed by atoms with E-state index in [0.29, 0.717) is 25.1 Å². The molecule has 0 amide bonds. The lowest BCUT2D eigenvalue weighted by molar-refractivity contribution is -0.385. The third-order valence-electron chi connectivity index (χ3n) is 3.12. The molecule has 0 spiro atoms. The highest BCUT2D eigenvalue weighted by Gasteiger charge is 2.13. The molecule has 0 aliphatic rings. The van der Waals surface area contributed by atoms with Crippen molar-refractivity contribution in [3.8, 4) is 0 Å². The molecule has 0 saturated heterocycles. The van der Waals surface area contributed by atoms with Crippen molar-refractivity contribution in [2.75, 3.05) is 6.61 Å². The second-order valence-electron chi connectivity index (χ2n) is 4.73. The quantitative estimate of drug-likeness (QED) is 0.445. The van der Waals surface area contributed by atoms with Gasteiger partial charge in [-0.15, -0.1) is 0 Å². The summed E-state index contributed by atoms with van der Waals surface area (Å²) in [7, 11) is 0. The molecule has 116 valence electrons. The van der Waals surface area contributed by atoms with Crippen molar-refractivity contribution >= 4 is 11.7 Å². The number of aryl methyl sites for hydroxylation is 1. The summed E-state index contributed by atoms with van der Waals surface area (Å²) in [5.41, 5.74) is 1.46. The van der Waals surface area contributed by atoms with Gasteiger partial charge in [0.15, 0.2) is 0 Å². The van der Waals surface area contributed by atoms with Crippen molar-refractivity contribution in [2.24, 2.45) is 0 Å². The number of ether oxygens (including phenoxy) is 1. The molecular formula is C15H17N3O4. The minimum Gasteiger partial charge on any atom is -0.466 e. The van der Waals surface area contributed by atoms with E-state index in [1.54, 1.807) is 42.2 Å². The number of nitro benzene ring substituents is 1. The largest absolute Gasteiger partial charge is 0.466 e. The number of hydrogen-bond donors (Lipinski definition) is 0. The van der Waals surface area contributed by atoms with E-state index in [1.807, 2.05) is 0 Å². The number of benzene rings is 1. The second-order valence-corrected chi connectivity index (χ2v) is 4.73. The summed E-state index contributed by atoms with van der Waals surface area (Å²) in [5.74, 6) is -0.254. The Morgan fingerprint density at radius 1 is 1.41 bits per heavy atom. The Labute approximate surface area is 127 Å². The average Bonchev–Trinajstić information content (AvgIpc) is 2.93. The molecule has 7 nitrogen and oxygen atoms in total. The Balaban J connectivity index is 2.01. The zero-order valence-electron chi connectivity index (χ0n) is 12.3. The van der Waals surface area contributed by atoms with Crippen LogP contribution in [0.3, 0.4) is 0 Å². The Morgan fingerprint density at radius 2 is 2.18 bits per heavy atom. The van der Waals surface area contributed by atoms with Crippen LogP contribution in [0.25, 0.3) is 0 Å². The average molecular weight is 303 g/mol. The van der Waals surface area contributed by atoms with Gasteiger partial charge in [-0.25, -0.2) is 4.98 Å². The van der Waals surface area contributed by atoms with Gasteiger partial charge in [-0.05, 0) is 6.92 Å². The van der Waals surface area contributed by atoms with E-state index in [-0.39, 0.29) is 18.1 Å². The molecule has 1 heterocycles. The summed E-state index contributed by atoms with van der Waals surface area (Å²) in [4.78, 5) is 26.1. The van der Waals surface area contributed by atoms with Gasteiger partial charge in [0.2, 0.25) is 0 Å². The number of para-hydroxylation sites is 1. The van der Waals surface area contributed by atoms with E-state index in [0.717, 1.165) is 5.69 Å². The van der Waals surface area contributed by atoms with Crippen LogP contribution in [-0.2, 0) is 22.5 Å². The van der Waals surface area contributed by atoms with E-state index in [9.17, 15) is 14.9 Å². The Bertz CT molecular complexity index is 666. The summed E-state index contributed by atoms with van der Waals surface area (Å²) in [5, 5.41) is 11.0. The molecule has 0 radical (unpaired) electrons. The highest BCUT2D eigenvalue weighted by atomic mass is 16.6. The molecule has 0 N–H and O–H groups in total. The number of imidazole rings is 1. The lowest BCUT2D eigenvalue weighted by Gasteiger charge is -2.03. The van der Waals surface area contributed by atoms with Gasteiger partial charge in [0, 0.05) is 24.2 Å². The van der Waals surface area contributed by atoms with Gasteiger partial charge in [0.25, 0.3) is 5.69 Å². The van der Waals surface area contributed by atoms with Crippen LogP contribution in [0, 0.1) is 10.1 Å². The number of rotatable bonds is 7. The first-order chi connectivity index (χ1) is 10.6. The van der Waals surface area contributed by atoms with E-state index in [1.165, 1.54) is 6.07 Å². The monoisotopic (exact) mass is 303 g/mol. The van der Waals surface area contributed by atoms with Crippen LogP contribution in [0.15, 0.2) is 36.8 Å². The second kappa shape index (κ2) is 7.35. The maximum atomic E-state index is 11.3. The molecule has 0 unspecified atom stereocenters. The van der Waals surface area contributed by atoms with Crippen LogP contribution < -0.4 is 0 Å². The number of hydrogen-bond acceptors (Lipinski definition) is 5. The number of nitro groups is 1. The van der Waals surface area contributed by atoms with E-state index in [4.69, 9.17) is 4.74 Å². The summed E-state index contributed by atoms with van der Waals surface area (Å²) in [6.45, 7) is 2.49. The topological polar surface area (TPSA) is 87.3 Å². The van der Waals surface area contributed by atoms with Gasteiger partial charge in [-0.1, -0.05) is 18.2 Å². The first-order valence-electron chi connectivity index (χ1n) is 6.98. The number of aromatic nitrogens is 2. The first-order valence-corrected chi connectivity index (χ1v) is 6.98. The van der Waals surface area contributed by atoms with Crippen LogP contribution in [0.4, 0.5) is 5.69 Å².